The number of halogens is 3. The molecule has 0 aliphatic rings. The molecule has 0 rings (SSSR count). The standard InChI is InChI=1S/C8H16F3NO2/c1-14-6-7(5-13)12-4-2-3-8(9,10)11/h7,12-13H,2-6H2,1H3. The summed E-state index contributed by atoms with van der Waals surface area (Å²) in [5, 5.41) is 11.5. The number of alkyl halides is 3. The molecule has 0 spiro atoms. The third-order valence-electron chi connectivity index (χ3n) is 1.66. The molecule has 86 valence electrons. The number of hydrogen-bond donors (Lipinski definition) is 2. The zero-order valence-electron chi connectivity index (χ0n) is 8.10. The van der Waals surface area contributed by atoms with Gasteiger partial charge in [-0.25, -0.2) is 0 Å². The molecule has 0 saturated heterocycles. The number of rotatable bonds is 7. The highest BCUT2D eigenvalue weighted by atomic mass is 19.4. The molecule has 0 aromatic rings. The van der Waals surface area contributed by atoms with E-state index in [1.165, 1.54) is 7.11 Å². The van der Waals surface area contributed by atoms with Crippen LogP contribution in [0.1, 0.15) is 12.8 Å². The molecular weight excluding hydrogens is 199 g/mol. The molecule has 2 N–H and O–H groups in total. The van der Waals surface area contributed by atoms with Crippen molar-refractivity contribution in [3.05, 3.63) is 0 Å². The highest BCUT2D eigenvalue weighted by Crippen LogP contribution is 2.20. The Labute approximate surface area is 81.2 Å². The zero-order valence-corrected chi connectivity index (χ0v) is 8.10. The summed E-state index contributed by atoms with van der Waals surface area (Å²) in [5.41, 5.74) is 0. The summed E-state index contributed by atoms with van der Waals surface area (Å²) < 4.78 is 39.9. The molecule has 1 unspecified atom stereocenters. The predicted molar refractivity (Wildman–Crippen MR) is 46.0 cm³/mol. The SMILES string of the molecule is COCC(CO)NCCCC(F)(F)F. The first kappa shape index (κ1) is 13.7. The summed E-state index contributed by atoms with van der Waals surface area (Å²) in [5.74, 6) is 0. The lowest BCUT2D eigenvalue weighted by Gasteiger charge is -2.15. The lowest BCUT2D eigenvalue weighted by atomic mass is 10.2. The van der Waals surface area contributed by atoms with Crippen LogP contribution in [0.2, 0.25) is 0 Å². The van der Waals surface area contributed by atoms with Crippen LogP contribution >= 0.6 is 0 Å². The average Bonchev–Trinajstić information content (AvgIpc) is 2.08. The molecule has 0 aliphatic carbocycles. The third-order valence-corrected chi connectivity index (χ3v) is 1.66. The van der Waals surface area contributed by atoms with E-state index in [0.717, 1.165) is 0 Å². The number of ether oxygens (including phenoxy) is 1. The highest BCUT2D eigenvalue weighted by molar-refractivity contribution is 4.64. The van der Waals surface area contributed by atoms with E-state index in [1.807, 2.05) is 0 Å². The van der Waals surface area contributed by atoms with E-state index >= 15 is 0 Å². The quantitative estimate of drug-likeness (QED) is 0.621. The van der Waals surface area contributed by atoms with Gasteiger partial charge in [0.1, 0.15) is 0 Å². The minimum Gasteiger partial charge on any atom is -0.395 e. The molecule has 0 aliphatic heterocycles. The lowest BCUT2D eigenvalue weighted by Crippen LogP contribution is -2.37. The van der Waals surface area contributed by atoms with Crippen LogP contribution in [0, 0.1) is 0 Å². The van der Waals surface area contributed by atoms with Crippen LogP contribution in [-0.2, 0) is 4.74 Å². The molecule has 0 radical (unpaired) electrons. The highest BCUT2D eigenvalue weighted by Gasteiger charge is 2.25. The van der Waals surface area contributed by atoms with Crippen LogP contribution in [0.5, 0.6) is 0 Å². The minimum atomic E-state index is -4.10. The summed E-state index contributed by atoms with van der Waals surface area (Å²) in [4.78, 5) is 0. The molecule has 0 aromatic carbocycles. The molecule has 6 heteroatoms. The molecule has 0 fully saturated rings. The maximum atomic E-state index is 11.7. The zero-order chi connectivity index (χ0) is 11.0. The smallest absolute Gasteiger partial charge is 0.389 e. The van der Waals surface area contributed by atoms with Gasteiger partial charge < -0.3 is 15.2 Å². The van der Waals surface area contributed by atoms with Gasteiger partial charge in [0, 0.05) is 13.5 Å². The Kier molecular flexibility index (Phi) is 6.86. The molecule has 3 nitrogen and oxygen atoms in total. The van der Waals surface area contributed by atoms with Crippen molar-refractivity contribution in [3.8, 4) is 0 Å². The second kappa shape index (κ2) is 7.03. The van der Waals surface area contributed by atoms with Crippen molar-refractivity contribution < 1.29 is 23.0 Å². The van der Waals surface area contributed by atoms with E-state index in [1.54, 1.807) is 0 Å². The van der Waals surface area contributed by atoms with Crippen LogP contribution in [-0.4, -0.2) is 44.2 Å². The maximum Gasteiger partial charge on any atom is 0.389 e. The van der Waals surface area contributed by atoms with Crippen LogP contribution in [0.4, 0.5) is 13.2 Å². The minimum absolute atomic E-state index is 0.0176. The van der Waals surface area contributed by atoms with Crippen LogP contribution in [0.25, 0.3) is 0 Å². The summed E-state index contributed by atoms with van der Waals surface area (Å²) in [6, 6.07) is -0.284. The summed E-state index contributed by atoms with van der Waals surface area (Å²) in [7, 11) is 1.47. The number of aliphatic hydroxyl groups excluding tert-OH is 1. The molecule has 0 bridgehead atoms. The van der Waals surface area contributed by atoms with Gasteiger partial charge in [-0.05, 0) is 13.0 Å². The summed E-state index contributed by atoms with van der Waals surface area (Å²) in [6.07, 6.45) is -4.88. The van der Waals surface area contributed by atoms with Crippen molar-refractivity contribution in [2.45, 2.75) is 25.1 Å². The fraction of sp³-hybridized carbons (Fsp3) is 1.00. The Hall–Kier alpha value is -0.330. The molecule has 0 aromatic heterocycles. The van der Waals surface area contributed by atoms with E-state index < -0.39 is 12.6 Å². The van der Waals surface area contributed by atoms with Gasteiger partial charge in [-0.2, -0.15) is 13.2 Å². The summed E-state index contributed by atoms with van der Waals surface area (Å²) in [6.45, 7) is 0.385. The first-order valence-corrected chi connectivity index (χ1v) is 4.39. The molecule has 14 heavy (non-hydrogen) atoms. The van der Waals surface area contributed by atoms with Crippen LogP contribution < -0.4 is 5.32 Å². The summed E-state index contributed by atoms with van der Waals surface area (Å²) >= 11 is 0. The van der Waals surface area contributed by atoms with Crippen molar-refractivity contribution in [1.29, 1.82) is 0 Å². The normalized spacial score (nSPS) is 14.4. The van der Waals surface area contributed by atoms with E-state index in [-0.39, 0.29) is 25.6 Å². The van der Waals surface area contributed by atoms with Crippen molar-refractivity contribution >= 4 is 0 Å². The van der Waals surface area contributed by atoms with Crippen molar-refractivity contribution in [1.82, 2.24) is 5.32 Å². The van der Waals surface area contributed by atoms with Gasteiger partial charge in [-0.3, -0.25) is 0 Å². The van der Waals surface area contributed by atoms with Crippen LogP contribution in [0.3, 0.4) is 0 Å². The number of hydrogen-bond acceptors (Lipinski definition) is 3. The maximum absolute atomic E-state index is 11.7. The second-order valence-electron chi connectivity index (χ2n) is 3.01. The fourth-order valence-electron chi connectivity index (χ4n) is 0.972. The molecule has 0 heterocycles. The third kappa shape index (κ3) is 8.28. The Morgan fingerprint density at radius 2 is 2.07 bits per heavy atom. The number of nitrogens with one attached hydrogen (secondary N) is 1. The van der Waals surface area contributed by atoms with Gasteiger partial charge in [0.2, 0.25) is 0 Å². The van der Waals surface area contributed by atoms with Crippen molar-refractivity contribution in [2.75, 3.05) is 26.9 Å². The predicted octanol–water partition coefficient (Wildman–Crippen LogP) is 0.926. The van der Waals surface area contributed by atoms with Crippen LogP contribution in [0.15, 0.2) is 0 Å². The fourth-order valence-corrected chi connectivity index (χ4v) is 0.972. The average molecular weight is 215 g/mol. The van der Waals surface area contributed by atoms with E-state index in [9.17, 15) is 13.2 Å². The van der Waals surface area contributed by atoms with E-state index in [4.69, 9.17) is 9.84 Å². The Balaban J connectivity index is 3.42. The van der Waals surface area contributed by atoms with Gasteiger partial charge in [-0.15, -0.1) is 0 Å². The second-order valence-corrected chi connectivity index (χ2v) is 3.01. The largest absolute Gasteiger partial charge is 0.395 e. The molecule has 1 atom stereocenters. The van der Waals surface area contributed by atoms with Gasteiger partial charge in [-0.1, -0.05) is 0 Å². The number of aliphatic hydroxyl groups is 1. The van der Waals surface area contributed by atoms with Gasteiger partial charge in [0.15, 0.2) is 0 Å². The van der Waals surface area contributed by atoms with Gasteiger partial charge >= 0.3 is 6.18 Å². The van der Waals surface area contributed by atoms with Crippen molar-refractivity contribution in [2.24, 2.45) is 0 Å². The van der Waals surface area contributed by atoms with Gasteiger partial charge in [0.25, 0.3) is 0 Å². The van der Waals surface area contributed by atoms with Crippen molar-refractivity contribution in [3.63, 3.8) is 0 Å². The van der Waals surface area contributed by atoms with E-state index in [2.05, 4.69) is 5.32 Å². The Morgan fingerprint density at radius 1 is 1.43 bits per heavy atom. The first-order valence-electron chi connectivity index (χ1n) is 4.39. The Bertz CT molecular complexity index is 141. The molecule has 0 amide bonds. The monoisotopic (exact) mass is 215 g/mol. The molecule has 0 saturated carbocycles. The van der Waals surface area contributed by atoms with E-state index in [0.29, 0.717) is 6.61 Å². The lowest BCUT2D eigenvalue weighted by molar-refractivity contribution is -0.135. The molecular formula is C8H16F3NO2. The number of methoxy groups -OCH3 is 1. The first-order chi connectivity index (χ1) is 6.49. The van der Waals surface area contributed by atoms with Gasteiger partial charge in [0.05, 0.1) is 19.3 Å². The Morgan fingerprint density at radius 3 is 2.50 bits per heavy atom. The topological polar surface area (TPSA) is 41.5 Å².